The Morgan fingerprint density at radius 1 is 1.19 bits per heavy atom. The highest BCUT2D eigenvalue weighted by Crippen LogP contribution is 2.35. The van der Waals surface area contributed by atoms with Crippen molar-refractivity contribution in [2.45, 2.75) is 42.4 Å². The lowest BCUT2D eigenvalue weighted by molar-refractivity contribution is -0.133. The first-order chi connectivity index (χ1) is 15.4. The van der Waals surface area contributed by atoms with Crippen LogP contribution in [0.1, 0.15) is 31.7 Å². The van der Waals surface area contributed by atoms with Gasteiger partial charge in [0.1, 0.15) is 0 Å². The molecule has 2 N–H and O–H groups in total. The molecule has 2 aromatic rings. The first-order valence-corrected chi connectivity index (χ1v) is 13.3. The lowest BCUT2D eigenvalue weighted by atomic mass is 10.1. The highest BCUT2D eigenvalue weighted by Gasteiger charge is 2.30. The number of fused-ring (bicyclic) bond motifs is 1. The van der Waals surface area contributed by atoms with E-state index in [-0.39, 0.29) is 23.1 Å². The number of carbonyl (C=O) groups is 2. The molecule has 0 bridgehead atoms. The summed E-state index contributed by atoms with van der Waals surface area (Å²) in [6.45, 7) is 3.49. The average molecular weight is 474 g/mol. The summed E-state index contributed by atoms with van der Waals surface area (Å²) in [5.74, 6) is -0.207. The van der Waals surface area contributed by atoms with Gasteiger partial charge in [-0.15, -0.1) is 11.8 Å². The minimum Gasteiger partial charge on any atom is -0.343 e. The molecule has 1 atom stereocenters. The minimum atomic E-state index is -3.82. The molecule has 2 aliphatic heterocycles. The summed E-state index contributed by atoms with van der Waals surface area (Å²) in [6.07, 6.45) is 2.90. The van der Waals surface area contributed by atoms with Crippen molar-refractivity contribution in [3.63, 3.8) is 0 Å². The van der Waals surface area contributed by atoms with Gasteiger partial charge in [0.2, 0.25) is 11.8 Å². The van der Waals surface area contributed by atoms with E-state index in [1.807, 2.05) is 24.0 Å². The monoisotopic (exact) mass is 473 g/mol. The lowest BCUT2D eigenvalue weighted by Crippen LogP contribution is -2.33. The van der Waals surface area contributed by atoms with Gasteiger partial charge in [0, 0.05) is 30.2 Å². The van der Waals surface area contributed by atoms with Crippen LogP contribution in [0.5, 0.6) is 0 Å². The zero-order valence-electron chi connectivity index (χ0n) is 18.0. The first kappa shape index (κ1) is 22.7. The molecule has 2 heterocycles. The fraction of sp³-hybridized carbons (Fsp3) is 0.391. The van der Waals surface area contributed by atoms with Gasteiger partial charge in [0.25, 0.3) is 10.0 Å². The maximum Gasteiger partial charge on any atom is 0.261 e. The number of benzene rings is 2. The number of para-hydroxylation sites is 1. The SMILES string of the molecule is CCc1ccccc1NS(=O)(=O)c1ccc2c(c1)NC(=O)[C@H](CC(=O)N1CCCC1)CS2. The van der Waals surface area contributed by atoms with Crippen molar-refractivity contribution in [3.8, 4) is 0 Å². The van der Waals surface area contributed by atoms with Gasteiger partial charge in [0.05, 0.1) is 22.2 Å². The van der Waals surface area contributed by atoms with Gasteiger partial charge in [0.15, 0.2) is 0 Å². The van der Waals surface area contributed by atoms with Crippen LogP contribution >= 0.6 is 11.8 Å². The summed E-state index contributed by atoms with van der Waals surface area (Å²) in [6, 6.07) is 12.0. The average Bonchev–Trinajstić information content (AvgIpc) is 3.27. The molecule has 2 amide bonds. The first-order valence-electron chi connectivity index (χ1n) is 10.8. The van der Waals surface area contributed by atoms with Gasteiger partial charge in [-0.25, -0.2) is 8.42 Å². The molecule has 7 nitrogen and oxygen atoms in total. The molecule has 32 heavy (non-hydrogen) atoms. The van der Waals surface area contributed by atoms with Crippen LogP contribution in [0.15, 0.2) is 52.3 Å². The number of hydrogen-bond donors (Lipinski definition) is 2. The van der Waals surface area contributed by atoms with Gasteiger partial charge >= 0.3 is 0 Å². The Morgan fingerprint density at radius 2 is 1.94 bits per heavy atom. The maximum absolute atomic E-state index is 13.0. The Kier molecular flexibility index (Phi) is 6.76. The topological polar surface area (TPSA) is 95.6 Å². The summed E-state index contributed by atoms with van der Waals surface area (Å²) in [4.78, 5) is 28.0. The molecule has 2 aromatic carbocycles. The van der Waals surface area contributed by atoms with Crippen LogP contribution < -0.4 is 10.0 Å². The van der Waals surface area contributed by atoms with Crippen molar-refractivity contribution >= 4 is 45.0 Å². The Morgan fingerprint density at radius 3 is 2.69 bits per heavy atom. The van der Waals surface area contributed by atoms with Gasteiger partial charge in [-0.1, -0.05) is 25.1 Å². The van der Waals surface area contributed by atoms with Gasteiger partial charge in [-0.3, -0.25) is 14.3 Å². The molecule has 2 aliphatic rings. The largest absolute Gasteiger partial charge is 0.343 e. The number of aryl methyl sites for hydroxylation is 1. The van der Waals surface area contributed by atoms with Crippen LogP contribution in [0.2, 0.25) is 0 Å². The molecule has 0 radical (unpaired) electrons. The summed E-state index contributed by atoms with van der Waals surface area (Å²) in [7, 11) is -3.82. The van der Waals surface area contributed by atoms with Crippen LogP contribution in [0, 0.1) is 5.92 Å². The number of anilines is 2. The van der Waals surface area contributed by atoms with Gasteiger partial charge < -0.3 is 10.2 Å². The van der Waals surface area contributed by atoms with Crippen molar-refractivity contribution in [3.05, 3.63) is 48.0 Å². The number of sulfonamides is 1. The van der Waals surface area contributed by atoms with E-state index in [4.69, 9.17) is 0 Å². The smallest absolute Gasteiger partial charge is 0.261 e. The van der Waals surface area contributed by atoms with Crippen LogP contribution in [0.4, 0.5) is 11.4 Å². The normalized spacial score (nSPS) is 18.6. The zero-order valence-corrected chi connectivity index (χ0v) is 19.6. The van der Waals surface area contributed by atoms with E-state index in [0.717, 1.165) is 36.4 Å². The third kappa shape index (κ3) is 4.94. The van der Waals surface area contributed by atoms with Gasteiger partial charge in [-0.2, -0.15) is 0 Å². The molecular weight excluding hydrogens is 446 g/mol. The molecule has 0 unspecified atom stereocenters. The van der Waals surface area contributed by atoms with Crippen molar-refractivity contribution in [2.75, 3.05) is 28.9 Å². The minimum absolute atomic E-state index is 0.0104. The molecule has 0 aromatic heterocycles. The second-order valence-corrected chi connectivity index (χ2v) is 10.8. The second kappa shape index (κ2) is 9.54. The summed E-state index contributed by atoms with van der Waals surface area (Å²) in [5.41, 5.74) is 1.91. The fourth-order valence-corrected chi connectivity index (χ4v) is 6.20. The van der Waals surface area contributed by atoms with Crippen LogP contribution in [0.3, 0.4) is 0 Å². The van der Waals surface area contributed by atoms with Crippen LogP contribution in [-0.4, -0.2) is 44.0 Å². The van der Waals surface area contributed by atoms with Crippen molar-refractivity contribution < 1.29 is 18.0 Å². The Hall–Kier alpha value is -2.52. The highest BCUT2D eigenvalue weighted by molar-refractivity contribution is 7.99. The lowest BCUT2D eigenvalue weighted by Gasteiger charge is -2.18. The van der Waals surface area contributed by atoms with Gasteiger partial charge in [-0.05, 0) is 49.1 Å². The molecule has 9 heteroatoms. The molecule has 170 valence electrons. The predicted octanol–water partition coefficient (Wildman–Crippen LogP) is 3.72. The van der Waals surface area contributed by atoms with Crippen LogP contribution in [0.25, 0.3) is 0 Å². The third-order valence-corrected chi connectivity index (χ3v) is 8.45. The number of nitrogens with one attached hydrogen (secondary N) is 2. The molecule has 0 spiro atoms. The molecule has 4 rings (SSSR count). The fourth-order valence-electron chi connectivity index (χ4n) is 3.99. The Labute approximate surface area is 193 Å². The number of hydrogen-bond acceptors (Lipinski definition) is 5. The number of likely N-dealkylation sites (tertiary alicyclic amines) is 1. The quantitative estimate of drug-likeness (QED) is 0.667. The van der Waals surface area contributed by atoms with Crippen molar-refractivity contribution in [1.29, 1.82) is 0 Å². The van der Waals surface area contributed by atoms with E-state index in [0.29, 0.717) is 23.5 Å². The van der Waals surface area contributed by atoms with Crippen molar-refractivity contribution in [2.24, 2.45) is 5.92 Å². The third-order valence-electron chi connectivity index (χ3n) is 5.85. The Bertz CT molecular complexity index is 1130. The number of rotatable bonds is 6. The van der Waals surface area contributed by atoms with E-state index in [1.54, 1.807) is 24.3 Å². The second-order valence-electron chi connectivity index (χ2n) is 8.06. The number of nitrogens with zero attached hydrogens (tertiary/aromatic N) is 1. The van der Waals surface area contributed by atoms with E-state index in [1.165, 1.54) is 17.8 Å². The molecule has 1 saturated heterocycles. The van der Waals surface area contributed by atoms with E-state index in [9.17, 15) is 18.0 Å². The summed E-state index contributed by atoms with van der Waals surface area (Å²) < 4.78 is 28.7. The van der Waals surface area contributed by atoms with E-state index < -0.39 is 15.9 Å². The number of thioether (sulfide) groups is 1. The maximum atomic E-state index is 13.0. The zero-order chi connectivity index (χ0) is 22.7. The summed E-state index contributed by atoms with van der Waals surface area (Å²) in [5, 5.41) is 2.84. The summed E-state index contributed by atoms with van der Waals surface area (Å²) >= 11 is 1.47. The molecule has 0 aliphatic carbocycles. The molecule has 1 fully saturated rings. The predicted molar refractivity (Wildman–Crippen MR) is 126 cm³/mol. The highest BCUT2D eigenvalue weighted by atomic mass is 32.2. The molecular formula is C23H27N3O4S2. The van der Waals surface area contributed by atoms with Crippen molar-refractivity contribution in [1.82, 2.24) is 4.90 Å². The standard InChI is InChI=1S/C23H27N3O4S2/c1-2-16-7-3-4-8-19(16)25-32(29,30)18-9-10-21-20(14-18)24-23(28)17(15-31-21)13-22(27)26-11-5-6-12-26/h3-4,7-10,14,17,25H,2,5-6,11-13,15H2,1H3,(H,24,28)/t17-/m1/s1. The van der Waals surface area contributed by atoms with E-state index >= 15 is 0 Å². The molecule has 0 saturated carbocycles. The van der Waals surface area contributed by atoms with Crippen LogP contribution in [-0.2, 0) is 26.0 Å². The number of carbonyl (C=O) groups excluding carboxylic acids is 2. The Balaban J connectivity index is 1.51. The van der Waals surface area contributed by atoms with E-state index in [2.05, 4.69) is 10.0 Å². The number of amides is 2.